The van der Waals surface area contributed by atoms with Crippen LogP contribution in [0.25, 0.3) is 0 Å². The van der Waals surface area contributed by atoms with Crippen molar-refractivity contribution in [3.8, 4) is 11.8 Å². The van der Waals surface area contributed by atoms with Gasteiger partial charge in [-0.15, -0.1) is 0 Å². The van der Waals surface area contributed by atoms with Gasteiger partial charge in [-0.3, -0.25) is 4.79 Å². The maximum Gasteiger partial charge on any atom is 0.261 e. The lowest BCUT2D eigenvalue weighted by Gasteiger charge is -2.23. The van der Waals surface area contributed by atoms with Gasteiger partial charge < -0.3 is 9.64 Å². The van der Waals surface area contributed by atoms with Crippen molar-refractivity contribution in [3.05, 3.63) is 64.4 Å². The molecule has 0 aliphatic heterocycles. The second-order valence-electron chi connectivity index (χ2n) is 5.89. The Kier molecular flexibility index (Phi) is 5.20. The summed E-state index contributed by atoms with van der Waals surface area (Å²) in [5.41, 5.74) is 0.905. The van der Waals surface area contributed by atoms with Crippen LogP contribution in [-0.4, -0.2) is 23.5 Å². The molecular formula is C19H16ClFN2O2. The van der Waals surface area contributed by atoms with Gasteiger partial charge >= 0.3 is 0 Å². The van der Waals surface area contributed by atoms with E-state index in [1.807, 2.05) is 6.07 Å². The number of amides is 1. The van der Waals surface area contributed by atoms with Gasteiger partial charge in [0.1, 0.15) is 11.6 Å². The van der Waals surface area contributed by atoms with Crippen LogP contribution in [0.3, 0.4) is 0 Å². The lowest BCUT2D eigenvalue weighted by Crippen LogP contribution is -2.36. The Morgan fingerprint density at radius 3 is 2.72 bits per heavy atom. The zero-order chi connectivity index (χ0) is 17.8. The predicted molar refractivity (Wildman–Crippen MR) is 91.6 cm³/mol. The molecule has 0 saturated heterocycles. The number of nitriles is 1. The maximum atomic E-state index is 13.9. The van der Waals surface area contributed by atoms with Gasteiger partial charge in [-0.2, -0.15) is 5.26 Å². The highest BCUT2D eigenvalue weighted by atomic mass is 35.5. The van der Waals surface area contributed by atoms with Crippen LogP contribution in [0.5, 0.6) is 5.75 Å². The molecule has 1 amide bonds. The molecule has 3 rings (SSSR count). The SMILES string of the molecule is N#Cc1ccc(OCC(=O)N(Cc2ccccc2F)C2CC2)c(Cl)c1. The van der Waals surface area contributed by atoms with Crippen LogP contribution >= 0.6 is 11.6 Å². The van der Waals surface area contributed by atoms with Crippen molar-refractivity contribution in [1.82, 2.24) is 4.90 Å². The molecule has 4 nitrogen and oxygen atoms in total. The van der Waals surface area contributed by atoms with Crippen molar-refractivity contribution in [2.24, 2.45) is 0 Å². The fourth-order valence-corrected chi connectivity index (χ4v) is 2.76. The Hall–Kier alpha value is -2.58. The Bertz CT molecular complexity index is 830. The molecule has 0 radical (unpaired) electrons. The van der Waals surface area contributed by atoms with Crippen LogP contribution in [0.4, 0.5) is 4.39 Å². The van der Waals surface area contributed by atoms with Crippen molar-refractivity contribution in [3.63, 3.8) is 0 Å². The summed E-state index contributed by atoms with van der Waals surface area (Å²) in [4.78, 5) is 14.2. The van der Waals surface area contributed by atoms with Crippen molar-refractivity contribution >= 4 is 17.5 Å². The molecule has 0 N–H and O–H groups in total. The predicted octanol–water partition coefficient (Wildman–Crippen LogP) is 3.92. The van der Waals surface area contributed by atoms with E-state index in [-0.39, 0.29) is 35.9 Å². The molecule has 0 heterocycles. The molecule has 6 heteroatoms. The van der Waals surface area contributed by atoms with Gasteiger partial charge in [-0.05, 0) is 37.1 Å². The first kappa shape index (κ1) is 17.2. The average molecular weight is 359 g/mol. The Balaban J connectivity index is 1.66. The first-order valence-electron chi connectivity index (χ1n) is 7.94. The molecule has 128 valence electrons. The molecule has 0 unspecified atom stereocenters. The highest BCUT2D eigenvalue weighted by Crippen LogP contribution is 2.30. The summed E-state index contributed by atoms with van der Waals surface area (Å²) < 4.78 is 19.4. The topological polar surface area (TPSA) is 53.3 Å². The molecule has 0 aromatic heterocycles. The summed E-state index contributed by atoms with van der Waals surface area (Å²) in [7, 11) is 0. The third-order valence-corrected chi connectivity index (χ3v) is 4.31. The van der Waals surface area contributed by atoms with E-state index >= 15 is 0 Å². The van der Waals surface area contributed by atoms with E-state index in [0.29, 0.717) is 16.9 Å². The smallest absolute Gasteiger partial charge is 0.261 e. The molecule has 0 bridgehead atoms. The van der Waals surface area contributed by atoms with Gasteiger partial charge in [0.2, 0.25) is 0 Å². The quantitative estimate of drug-likeness (QED) is 0.786. The van der Waals surface area contributed by atoms with Gasteiger partial charge in [-0.25, -0.2) is 4.39 Å². The third kappa shape index (κ3) is 4.28. The number of carbonyl (C=O) groups is 1. The van der Waals surface area contributed by atoms with E-state index in [9.17, 15) is 9.18 Å². The highest BCUT2D eigenvalue weighted by molar-refractivity contribution is 6.32. The Morgan fingerprint density at radius 2 is 2.08 bits per heavy atom. The zero-order valence-corrected chi connectivity index (χ0v) is 14.2. The number of rotatable bonds is 6. The molecule has 25 heavy (non-hydrogen) atoms. The fourth-order valence-electron chi connectivity index (χ4n) is 2.53. The third-order valence-electron chi connectivity index (χ3n) is 4.02. The van der Waals surface area contributed by atoms with Crippen LogP contribution in [0, 0.1) is 17.1 Å². The molecule has 2 aromatic rings. The van der Waals surface area contributed by atoms with E-state index in [2.05, 4.69) is 0 Å². The van der Waals surface area contributed by atoms with Gasteiger partial charge in [0.05, 0.1) is 16.7 Å². The van der Waals surface area contributed by atoms with E-state index in [4.69, 9.17) is 21.6 Å². The van der Waals surface area contributed by atoms with E-state index in [0.717, 1.165) is 12.8 Å². The number of hydrogen-bond donors (Lipinski definition) is 0. The summed E-state index contributed by atoms with van der Waals surface area (Å²) in [6.07, 6.45) is 1.83. The molecule has 1 saturated carbocycles. The largest absolute Gasteiger partial charge is 0.482 e. The number of ether oxygens (including phenoxy) is 1. The second-order valence-corrected chi connectivity index (χ2v) is 6.30. The number of benzene rings is 2. The lowest BCUT2D eigenvalue weighted by molar-refractivity contribution is -0.134. The van der Waals surface area contributed by atoms with Gasteiger partial charge in [-0.1, -0.05) is 29.8 Å². The van der Waals surface area contributed by atoms with Crippen LogP contribution in [-0.2, 0) is 11.3 Å². The lowest BCUT2D eigenvalue weighted by atomic mass is 10.2. The first-order valence-corrected chi connectivity index (χ1v) is 8.31. The van der Waals surface area contributed by atoms with Crippen molar-refractivity contribution in [1.29, 1.82) is 5.26 Å². The monoisotopic (exact) mass is 358 g/mol. The van der Waals surface area contributed by atoms with Crippen LogP contribution in [0.2, 0.25) is 5.02 Å². The molecular weight excluding hydrogens is 343 g/mol. The first-order chi connectivity index (χ1) is 12.1. The standard InChI is InChI=1S/C19H16ClFN2O2/c20-16-9-13(10-22)5-8-18(16)25-12-19(24)23(15-6-7-15)11-14-3-1-2-4-17(14)21/h1-5,8-9,15H,6-7,11-12H2. The Labute approximate surface area is 150 Å². The van der Waals surface area contributed by atoms with Crippen LogP contribution in [0.1, 0.15) is 24.0 Å². The zero-order valence-electron chi connectivity index (χ0n) is 13.4. The molecule has 2 aromatic carbocycles. The van der Waals surface area contributed by atoms with Gasteiger partial charge in [0.25, 0.3) is 5.91 Å². The second kappa shape index (κ2) is 7.54. The molecule has 0 atom stereocenters. The summed E-state index contributed by atoms with van der Waals surface area (Å²) in [5, 5.41) is 9.11. The summed E-state index contributed by atoms with van der Waals surface area (Å²) in [5.74, 6) is -0.196. The molecule has 1 fully saturated rings. The van der Waals surface area contributed by atoms with Gasteiger partial charge in [0.15, 0.2) is 6.61 Å². The van der Waals surface area contributed by atoms with Crippen molar-refractivity contribution in [2.45, 2.75) is 25.4 Å². The van der Waals surface area contributed by atoms with E-state index < -0.39 is 0 Å². The number of carbonyl (C=O) groups excluding carboxylic acids is 1. The minimum absolute atomic E-state index is 0.132. The van der Waals surface area contributed by atoms with E-state index in [1.54, 1.807) is 35.2 Å². The van der Waals surface area contributed by atoms with Gasteiger partial charge in [0, 0.05) is 18.2 Å². The summed E-state index contributed by atoms with van der Waals surface area (Å²) in [6, 6.07) is 13.2. The number of halogens is 2. The van der Waals surface area contributed by atoms with Crippen molar-refractivity contribution in [2.75, 3.05) is 6.61 Å². The highest BCUT2D eigenvalue weighted by Gasteiger charge is 2.33. The minimum Gasteiger partial charge on any atom is -0.482 e. The summed E-state index contributed by atoms with van der Waals surface area (Å²) >= 11 is 6.05. The molecule has 1 aliphatic carbocycles. The number of hydrogen-bond acceptors (Lipinski definition) is 3. The van der Waals surface area contributed by atoms with Crippen molar-refractivity contribution < 1.29 is 13.9 Å². The maximum absolute atomic E-state index is 13.9. The normalized spacial score (nSPS) is 13.2. The van der Waals surface area contributed by atoms with E-state index in [1.165, 1.54) is 12.1 Å². The molecule has 0 spiro atoms. The minimum atomic E-state index is -0.322. The molecule has 1 aliphatic rings. The Morgan fingerprint density at radius 1 is 1.32 bits per heavy atom. The van der Waals surface area contributed by atoms with Crippen LogP contribution < -0.4 is 4.74 Å². The average Bonchev–Trinajstić information content (AvgIpc) is 3.44. The summed E-state index contributed by atoms with van der Waals surface area (Å²) in [6.45, 7) is 0.0389. The fraction of sp³-hybridized carbons (Fsp3) is 0.263. The van der Waals surface area contributed by atoms with Crippen LogP contribution in [0.15, 0.2) is 42.5 Å². The number of nitrogens with zero attached hydrogens (tertiary/aromatic N) is 2.